The lowest BCUT2D eigenvalue weighted by Crippen LogP contribution is -2.33. The quantitative estimate of drug-likeness (QED) is 0.161. The number of ketones is 1. The van der Waals surface area contributed by atoms with E-state index in [9.17, 15) is 0 Å². The second kappa shape index (κ2) is 14.4. The zero-order valence-corrected chi connectivity index (χ0v) is 35.9. The highest BCUT2D eigenvalue weighted by Gasteiger charge is 2.35. The topological polar surface area (TPSA) is 92.1 Å². The number of hydrogen-bond donors (Lipinski definition) is 2. The van der Waals surface area contributed by atoms with E-state index in [0.29, 0.717) is 47.2 Å². The number of ether oxygens (including phenoxy) is 4. The lowest BCUT2D eigenvalue weighted by Gasteiger charge is -2.34. The molecule has 0 bridgehead atoms. The predicted molar refractivity (Wildman–Crippen MR) is 261 cm³/mol. The largest absolute Gasteiger partial charge is 0.454 e. The van der Waals surface area contributed by atoms with Crippen molar-refractivity contribution < 1.29 is 23.7 Å². The van der Waals surface area contributed by atoms with Gasteiger partial charge < -0.3 is 38.7 Å². The van der Waals surface area contributed by atoms with E-state index in [4.69, 9.17) is 18.9 Å². The maximum atomic E-state index is 17.1. The van der Waals surface area contributed by atoms with Crippen molar-refractivity contribution in [3.63, 3.8) is 0 Å². The van der Waals surface area contributed by atoms with Crippen LogP contribution in [0.15, 0.2) is 146 Å². The van der Waals surface area contributed by atoms with Gasteiger partial charge in [0.05, 0.1) is 24.2 Å². The minimum absolute atomic E-state index is 0.0540. The number of carbonyl (C=O) groups excluding carboxylic acids is 1. The molecule has 4 aliphatic heterocycles. The summed E-state index contributed by atoms with van der Waals surface area (Å²) in [4.78, 5) is 29.4. The summed E-state index contributed by atoms with van der Waals surface area (Å²) in [5.41, 5.74) is 13.9. The summed E-state index contributed by atoms with van der Waals surface area (Å²) >= 11 is 0. The highest BCUT2D eigenvalue weighted by atomic mass is 16.7. The number of H-pyrrole nitrogens is 2. The summed E-state index contributed by atoms with van der Waals surface area (Å²) in [5.74, 6) is 2.66. The third kappa shape index (κ3) is 5.68. The van der Waals surface area contributed by atoms with Crippen LogP contribution in [0, 0.1) is 0 Å². The number of para-hydroxylation sites is 2. The van der Waals surface area contributed by atoms with Gasteiger partial charge >= 0.3 is 0 Å². The smallest absolute Gasteiger partial charge is 0.231 e. The van der Waals surface area contributed by atoms with Crippen LogP contribution < -0.4 is 28.7 Å². The van der Waals surface area contributed by atoms with E-state index in [1.165, 1.54) is 33.3 Å². The molecule has 9 nitrogen and oxygen atoms in total. The lowest BCUT2D eigenvalue weighted by molar-refractivity contribution is 0.104. The first kappa shape index (κ1) is 37.2. The average Bonchev–Trinajstić information content (AvgIpc) is 4.19. The van der Waals surface area contributed by atoms with Crippen LogP contribution in [0.1, 0.15) is 38.4 Å². The van der Waals surface area contributed by atoms with Crippen LogP contribution in [-0.2, 0) is 25.9 Å². The van der Waals surface area contributed by atoms with Crippen LogP contribution in [0.2, 0.25) is 0 Å². The van der Waals surface area contributed by atoms with E-state index in [1.54, 1.807) is 0 Å². The number of nitrogens with one attached hydrogen (secondary N) is 2. The third-order valence-electron chi connectivity index (χ3n) is 14.3. The van der Waals surface area contributed by atoms with Crippen LogP contribution in [0.5, 0.6) is 23.0 Å². The molecule has 0 saturated carbocycles. The molecule has 9 heteroatoms. The number of anilines is 2. The number of aromatic amines is 2. The van der Waals surface area contributed by atoms with Gasteiger partial charge in [-0.05, 0) is 105 Å². The average molecular weight is 863 g/mol. The minimum Gasteiger partial charge on any atom is -0.454 e. The minimum atomic E-state index is -0.0540. The summed E-state index contributed by atoms with van der Waals surface area (Å²) in [6.07, 6.45) is 1.67. The van der Waals surface area contributed by atoms with Gasteiger partial charge in [-0.1, -0.05) is 97.1 Å². The predicted octanol–water partition coefficient (Wildman–Crippen LogP) is 12.1. The number of benzene rings is 8. The van der Waals surface area contributed by atoms with Crippen molar-refractivity contribution in [3.05, 3.63) is 179 Å². The monoisotopic (exact) mass is 862 g/mol. The van der Waals surface area contributed by atoms with E-state index in [1.807, 2.05) is 24.3 Å². The Bertz CT molecular complexity index is 3440. The molecule has 6 heterocycles. The Morgan fingerprint density at radius 3 is 1.36 bits per heavy atom. The molecule has 0 unspecified atom stereocenters. The Labute approximate surface area is 379 Å². The Morgan fingerprint density at radius 1 is 0.455 bits per heavy atom. The first-order valence-electron chi connectivity index (χ1n) is 22.7. The van der Waals surface area contributed by atoms with Gasteiger partial charge in [0.1, 0.15) is 0 Å². The van der Waals surface area contributed by atoms with E-state index < -0.39 is 0 Å². The lowest BCUT2D eigenvalue weighted by atomic mass is 9.82. The molecule has 0 amide bonds. The highest BCUT2D eigenvalue weighted by molar-refractivity contribution is 6.27. The summed E-state index contributed by atoms with van der Waals surface area (Å²) in [6.45, 7) is 3.03. The summed E-state index contributed by atoms with van der Waals surface area (Å²) in [5, 5.41) is 6.60. The number of nitrogens with zero attached hydrogens (tertiary/aromatic N) is 2. The molecule has 0 spiro atoms. The van der Waals surface area contributed by atoms with Gasteiger partial charge in [0.2, 0.25) is 13.6 Å². The van der Waals surface area contributed by atoms with Gasteiger partial charge in [-0.25, -0.2) is 0 Å². The molecule has 66 heavy (non-hydrogen) atoms. The first-order chi connectivity index (χ1) is 32.6. The summed E-state index contributed by atoms with van der Waals surface area (Å²) in [7, 11) is 0. The fourth-order valence-electron chi connectivity index (χ4n) is 11.3. The van der Waals surface area contributed by atoms with Gasteiger partial charge in [0.25, 0.3) is 0 Å². The fourth-order valence-corrected chi connectivity index (χ4v) is 11.3. The molecule has 0 fully saturated rings. The second-order valence-electron chi connectivity index (χ2n) is 17.8. The molecule has 2 aromatic heterocycles. The van der Waals surface area contributed by atoms with Crippen LogP contribution in [0.3, 0.4) is 0 Å². The molecule has 320 valence electrons. The maximum absolute atomic E-state index is 17.1. The van der Waals surface area contributed by atoms with Crippen molar-refractivity contribution in [2.45, 2.75) is 25.9 Å². The SMILES string of the molecule is O=C(c1c(N2CCc3c([nH]c4ccccc34)C2)cc2ccccc2c1-c1ccc2c(c1)OCO2)c1c(N2CCc3c([nH]c4ccccc34)C2)cc2ccccc2c1-c1ccc2c(c1)OCO2. The Morgan fingerprint density at radius 2 is 0.879 bits per heavy atom. The first-order valence-corrected chi connectivity index (χ1v) is 22.7. The molecule has 0 radical (unpaired) electrons. The standard InChI is InChI=1S/C57H42N4O5/c62-57(55-47(60-23-21-41-39-13-5-7-15-43(39)58-45(41)29-60)25-33-9-1-3-11-37(33)53(55)35-17-19-49-51(27-35)65-31-63-49)56-48(61-24-22-42-40-14-6-8-16-44(40)59-46(42)30-61)26-34-10-2-4-12-38(34)54(56)36-18-20-50-52(28-36)66-32-64-50/h1-20,25-28,58-59H,21-24,29-32H2. The Kier molecular flexibility index (Phi) is 8.13. The van der Waals surface area contributed by atoms with Crippen molar-refractivity contribution in [2.24, 2.45) is 0 Å². The van der Waals surface area contributed by atoms with Crippen molar-refractivity contribution in [1.82, 2.24) is 9.97 Å². The van der Waals surface area contributed by atoms with Crippen LogP contribution in [-0.4, -0.2) is 42.4 Å². The summed E-state index contributed by atoms with van der Waals surface area (Å²) in [6, 6.07) is 50.7. The van der Waals surface area contributed by atoms with Gasteiger partial charge in [-0.3, -0.25) is 4.79 Å². The zero-order chi connectivity index (χ0) is 43.5. The number of aromatic nitrogens is 2. The van der Waals surface area contributed by atoms with Crippen LogP contribution in [0.25, 0.3) is 65.6 Å². The number of fused-ring (bicyclic) bond motifs is 10. The highest BCUT2D eigenvalue weighted by Crippen LogP contribution is 2.49. The Balaban J connectivity index is 1.06. The second-order valence-corrected chi connectivity index (χ2v) is 17.8. The molecule has 2 N–H and O–H groups in total. The van der Waals surface area contributed by atoms with Crippen LogP contribution >= 0.6 is 0 Å². The van der Waals surface area contributed by atoms with Gasteiger partial charge in [-0.15, -0.1) is 0 Å². The molecule has 4 aliphatic rings. The van der Waals surface area contributed by atoms with E-state index in [0.717, 1.165) is 92.1 Å². The van der Waals surface area contributed by atoms with Gasteiger partial charge in [0.15, 0.2) is 28.8 Å². The van der Waals surface area contributed by atoms with Crippen molar-refractivity contribution in [2.75, 3.05) is 36.5 Å². The summed E-state index contributed by atoms with van der Waals surface area (Å²) < 4.78 is 23.7. The molecular formula is C57H42N4O5. The molecule has 8 aromatic carbocycles. The van der Waals surface area contributed by atoms with E-state index in [-0.39, 0.29) is 19.4 Å². The molecular weight excluding hydrogens is 821 g/mol. The molecule has 0 atom stereocenters. The molecule has 14 rings (SSSR count). The van der Waals surface area contributed by atoms with Gasteiger partial charge in [-0.2, -0.15) is 0 Å². The number of carbonyl (C=O) groups is 1. The zero-order valence-electron chi connectivity index (χ0n) is 35.9. The van der Waals surface area contributed by atoms with Crippen molar-refractivity contribution in [1.29, 1.82) is 0 Å². The number of hydrogen-bond acceptors (Lipinski definition) is 7. The number of rotatable bonds is 6. The molecule has 0 aliphatic carbocycles. The molecule has 10 aromatic rings. The van der Waals surface area contributed by atoms with Crippen molar-refractivity contribution >= 4 is 60.5 Å². The molecule has 0 saturated heterocycles. The van der Waals surface area contributed by atoms with Crippen LogP contribution in [0.4, 0.5) is 11.4 Å². The van der Waals surface area contributed by atoms with Crippen molar-refractivity contribution in [3.8, 4) is 45.3 Å². The fraction of sp³-hybridized carbons (Fsp3) is 0.140. The Hall–Kier alpha value is -8.17. The van der Waals surface area contributed by atoms with E-state index in [2.05, 4.69) is 141 Å². The van der Waals surface area contributed by atoms with E-state index >= 15 is 4.79 Å². The van der Waals surface area contributed by atoms with Gasteiger partial charge in [0, 0.05) is 68.8 Å². The third-order valence-corrected chi connectivity index (χ3v) is 14.3. The maximum Gasteiger partial charge on any atom is 0.231 e. The normalized spacial score (nSPS) is 15.0.